The van der Waals surface area contributed by atoms with Crippen LogP contribution in [0.3, 0.4) is 0 Å². The van der Waals surface area contributed by atoms with Gasteiger partial charge in [-0.05, 0) is 42.7 Å². The molecule has 4 rings (SSSR count). The van der Waals surface area contributed by atoms with Crippen molar-refractivity contribution in [3.05, 3.63) is 71.0 Å². The lowest BCUT2D eigenvalue weighted by Crippen LogP contribution is -2.33. The molecule has 0 bridgehead atoms. The number of anilines is 3. The minimum atomic E-state index is -0.861. The van der Waals surface area contributed by atoms with Crippen LogP contribution in [-0.4, -0.2) is 36.8 Å². The van der Waals surface area contributed by atoms with Gasteiger partial charge in [-0.25, -0.2) is 4.98 Å². The maximum Gasteiger partial charge on any atom is 0.226 e. The van der Waals surface area contributed by atoms with Gasteiger partial charge in [0.1, 0.15) is 0 Å². The summed E-state index contributed by atoms with van der Waals surface area (Å²) in [7, 11) is 0. The number of hydrogen-bond acceptors (Lipinski definition) is 7. The first-order valence-corrected chi connectivity index (χ1v) is 11.7. The Morgan fingerprint density at radius 3 is 2.68 bits per heavy atom. The Morgan fingerprint density at radius 1 is 1.12 bits per heavy atom. The number of nitrogens with two attached hydrogens (primary N) is 1. The van der Waals surface area contributed by atoms with Crippen LogP contribution in [0.15, 0.2) is 54.9 Å². The lowest BCUT2D eigenvalue weighted by atomic mass is 10.0. The van der Waals surface area contributed by atoms with Crippen molar-refractivity contribution >= 4 is 40.2 Å². The zero-order chi connectivity index (χ0) is 24.1. The molecular weight excluding hydrogens is 450 g/mol. The number of aliphatic hydroxyl groups is 1. The maximum atomic E-state index is 10.6. The number of fused-ring (bicyclic) bond motifs is 1. The monoisotopic (exact) mass is 479 g/mol. The third-order valence-corrected chi connectivity index (χ3v) is 5.86. The molecule has 34 heavy (non-hydrogen) atoms. The molecule has 0 aliphatic heterocycles. The van der Waals surface area contributed by atoms with E-state index in [0.29, 0.717) is 59.7 Å². The van der Waals surface area contributed by atoms with Crippen LogP contribution in [0.4, 0.5) is 17.5 Å². The van der Waals surface area contributed by atoms with Crippen LogP contribution in [0.25, 0.3) is 11.2 Å². The number of nitrogens with zero attached hydrogens (tertiary/aromatic N) is 4. The van der Waals surface area contributed by atoms with Gasteiger partial charge in [-0.1, -0.05) is 55.3 Å². The summed E-state index contributed by atoms with van der Waals surface area (Å²) < 4.78 is 1.99. The predicted molar refractivity (Wildman–Crippen MR) is 138 cm³/mol. The second kappa shape index (κ2) is 10.3. The lowest BCUT2D eigenvalue weighted by Gasteiger charge is -2.23. The summed E-state index contributed by atoms with van der Waals surface area (Å²) in [5.41, 5.74) is 9.25. The van der Waals surface area contributed by atoms with Crippen LogP contribution < -0.4 is 16.4 Å². The van der Waals surface area contributed by atoms with E-state index >= 15 is 0 Å². The zero-order valence-electron chi connectivity index (χ0n) is 19.4. The summed E-state index contributed by atoms with van der Waals surface area (Å²) in [6.45, 7) is 5.24. The number of hydrogen-bond donors (Lipinski definition) is 4. The molecule has 2 aromatic carbocycles. The number of aromatic nitrogens is 4. The van der Waals surface area contributed by atoms with E-state index in [1.807, 2.05) is 42.7 Å². The van der Waals surface area contributed by atoms with Crippen molar-refractivity contribution in [3.8, 4) is 0 Å². The molecule has 0 spiro atoms. The van der Waals surface area contributed by atoms with Gasteiger partial charge < -0.3 is 26.0 Å². The van der Waals surface area contributed by atoms with Crippen LogP contribution in [0.2, 0.25) is 5.02 Å². The Labute approximate surface area is 204 Å². The second-order valence-electron chi connectivity index (χ2n) is 8.72. The van der Waals surface area contributed by atoms with Gasteiger partial charge in [0.25, 0.3) is 0 Å². The van der Waals surface area contributed by atoms with Crippen LogP contribution in [0.1, 0.15) is 37.8 Å². The number of nitrogens with one attached hydrogen (secondary N) is 2. The first-order valence-electron chi connectivity index (χ1n) is 11.4. The minimum Gasteiger partial charge on any atom is -0.398 e. The molecule has 1 atom stereocenters. The molecule has 0 amide bonds. The summed E-state index contributed by atoms with van der Waals surface area (Å²) in [5, 5.41) is 17.8. The molecule has 8 nitrogen and oxygen atoms in total. The molecule has 0 saturated heterocycles. The Morgan fingerprint density at radius 2 is 1.91 bits per heavy atom. The largest absolute Gasteiger partial charge is 0.398 e. The molecule has 2 aromatic heterocycles. The lowest BCUT2D eigenvalue weighted by molar-refractivity contribution is 0.0635. The molecule has 0 aliphatic carbocycles. The van der Waals surface area contributed by atoms with Gasteiger partial charge in [0.05, 0.1) is 18.5 Å². The van der Waals surface area contributed by atoms with Gasteiger partial charge in [-0.2, -0.15) is 9.97 Å². The van der Waals surface area contributed by atoms with Crippen molar-refractivity contribution in [1.82, 2.24) is 19.5 Å². The second-order valence-corrected chi connectivity index (χ2v) is 9.16. The normalized spacial score (nSPS) is 13.1. The topological polar surface area (TPSA) is 114 Å². The average molecular weight is 480 g/mol. The van der Waals surface area contributed by atoms with Crippen molar-refractivity contribution < 1.29 is 5.11 Å². The van der Waals surface area contributed by atoms with Crippen molar-refractivity contribution in [2.75, 3.05) is 22.9 Å². The fourth-order valence-electron chi connectivity index (χ4n) is 3.85. The van der Waals surface area contributed by atoms with Gasteiger partial charge in [0.2, 0.25) is 5.95 Å². The fourth-order valence-corrected chi connectivity index (χ4v) is 4.04. The van der Waals surface area contributed by atoms with Gasteiger partial charge in [0.15, 0.2) is 17.0 Å². The van der Waals surface area contributed by atoms with Crippen LogP contribution in [0, 0.1) is 0 Å². The summed E-state index contributed by atoms with van der Waals surface area (Å²) in [4.78, 5) is 14.0. The smallest absolute Gasteiger partial charge is 0.226 e. The predicted octanol–water partition coefficient (Wildman–Crippen LogP) is 4.69. The van der Waals surface area contributed by atoms with Crippen LogP contribution >= 0.6 is 11.6 Å². The minimum absolute atomic E-state index is 0.333. The first-order chi connectivity index (χ1) is 16.3. The molecular formula is C25H30ClN7O. The fraction of sp³-hybridized carbons (Fsp3) is 0.320. The van der Waals surface area contributed by atoms with Gasteiger partial charge in [0, 0.05) is 23.8 Å². The van der Waals surface area contributed by atoms with Gasteiger partial charge in [-0.3, -0.25) is 0 Å². The van der Waals surface area contributed by atoms with Crippen molar-refractivity contribution in [3.63, 3.8) is 0 Å². The van der Waals surface area contributed by atoms with Crippen LogP contribution in [-0.2, 0) is 13.1 Å². The van der Waals surface area contributed by atoms with Crippen molar-refractivity contribution in [2.24, 2.45) is 0 Å². The number of halogens is 1. The standard InChI is InChI=1S/C25H30ClN7O/c1-3-11-25(2,34)15-29-24-31-22(28-13-18-12-19(26)9-10-20(18)27)21-23(32-24)33(16-30-21)14-17-7-5-4-6-8-17/h4-10,12,16,34H,3,11,13-15,27H2,1-2H3,(H2,28,29,31,32). The van der Waals surface area contributed by atoms with Gasteiger partial charge in [-0.15, -0.1) is 0 Å². The summed E-state index contributed by atoms with van der Waals surface area (Å²) in [6, 6.07) is 15.5. The van der Waals surface area contributed by atoms with E-state index in [1.165, 1.54) is 0 Å². The molecule has 1 unspecified atom stereocenters. The quantitative estimate of drug-likeness (QED) is 0.244. The van der Waals surface area contributed by atoms with Crippen molar-refractivity contribution in [2.45, 2.75) is 45.4 Å². The Bertz CT molecular complexity index is 1260. The molecule has 9 heteroatoms. The Hall–Kier alpha value is -3.36. The molecule has 0 radical (unpaired) electrons. The number of nitrogen functional groups attached to an aromatic ring is 1. The van der Waals surface area contributed by atoms with Gasteiger partial charge >= 0.3 is 0 Å². The first kappa shape index (κ1) is 23.8. The van der Waals surface area contributed by atoms with E-state index in [1.54, 1.807) is 18.5 Å². The van der Waals surface area contributed by atoms with E-state index in [9.17, 15) is 5.11 Å². The number of rotatable bonds is 10. The zero-order valence-corrected chi connectivity index (χ0v) is 20.2. The summed E-state index contributed by atoms with van der Waals surface area (Å²) in [5.74, 6) is 0.995. The highest BCUT2D eigenvalue weighted by molar-refractivity contribution is 6.30. The molecule has 2 heterocycles. The highest BCUT2D eigenvalue weighted by atomic mass is 35.5. The van der Waals surface area contributed by atoms with E-state index in [0.717, 1.165) is 17.5 Å². The third-order valence-electron chi connectivity index (χ3n) is 5.63. The summed E-state index contributed by atoms with van der Waals surface area (Å²) >= 11 is 6.15. The molecule has 0 fully saturated rings. The number of imidazole rings is 1. The van der Waals surface area contributed by atoms with E-state index in [2.05, 4.69) is 32.7 Å². The Balaban J connectivity index is 1.66. The molecule has 0 saturated carbocycles. The SMILES string of the molecule is CCCC(C)(O)CNc1nc(NCc2cc(Cl)ccc2N)c2ncn(Cc3ccccc3)c2n1. The van der Waals surface area contributed by atoms with E-state index in [-0.39, 0.29) is 0 Å². The maximum absolute atomic E-state index is 10.6. The van der Waals surface area contributed by atoms with Crippen molar-refractivity contribution in [1.29, 1.82) is 0 Å². The molecule has 0 aliphatic rings. The molecule has 5 N–H and O–H groups in total. The third kappa shape index (κ3) is 5.76. The Kier molecular flexibility index (Phi) is 7.19. The van der Waals surface area contributed by atoms with E-state index < -0.39 is 5.60 Å². The highest BCUT2D eigenvalue weighted by Gasteiger charge is 2.20. The van der Waals surface area contributed by atoms with Crippen LogP contribution in [0.5, 0.6) is 0 Å². The summed E-state index contributed by atoms with van der Waals surface area (Å²) in [6.07, 6.45) is 3.32. The average Bonchev–Trinajstić information content (AvgIpc) is 3.21. The molecule has 178 valence electrons. The molecule has 4 aromatic rings. The van der Waals surface area contributed by atoms with E-state index in [4.69, 9.17) is 22.3 Å². The number of benzene rings is 2. The highest BCUT2D eigenvalue weighted by Crippen LogP contribution is 2.25.